The summed E-state index contributed by atoms with van der Waals surface area (Å²) in [6, 6.07) is 21.8. The highest BCUT2D eigenvalue weighted by molar-refractivity contribution is 7.86. The van der Waals surface area contributed by atoms with Crippen molar-refractivity contribution < 1.29 is 36.4 Å². The Morgan fingerprint density at radius 1 is 0.805 bits per heavy atom. The van der Waals surface area contributed by atoms with Crippen LogP contribution < -0.4 is 25.0 Å². The van der Waals surface area contributed by atoms with Crippen LogP contribution in [-0.4, -0.2) is 26.0 Å². The first-order valence-corrected chi connectivity index (χ1v) is 17.7. The third-order valence-electron chi connectivity index (χ3n) is 7.08. The first-order valence-electron chi connectivity index (χ1n) is 13.6. The van der Waals surface area contributed by atoms with Crippen molar-refractivity contribution in [2.75, 3.05) is 26.0 Å². The van der Waals surface area contributed by atoms with Crippen molar-refractivity contribution in [3.8, 4) is 22.3 Å². The summed E-state index contributed by atoms with van der Waals surface area (Å²) in [6.07, 6.45) is 8.06. The molecule has 2 aromatic carbocycles. The Morgan fingerprint density at radius 2 is 1.49 bits per heavy atom. The molecule has 0 amide bonds. The molecule has 0 bridgehead atoms. The van der Waals surface area contributed by atoms with E-state index in [1.807, 2.05) is 102 Å². The first kappa shape index (κ1) is 29.7. The molecule has 41 heavy (non-hydrogen) atoms. The van der Waals surface area contributed by atoms with Gasteiger partial charge < -0.3 is 13.6 Å². The molecule has 0 saturated heterocycles. The van der Waals surface area contributed by atoms with Gasteiger partial charge in [-0.3, -0.25) is 9.09 Å². The summed E-state index contributed by atoms with van der Waals surface area (Å²) in [7, 11) is -6.63. The topological polar surface area (TPSA) is 86.7 Å². The molecule has 0 fully saturated rings. The van der Waals surface area contributed by atoms with Crippen molar-refractivity contribution in [3.05, 3.63) is 91.5 Å². The number of aryl methyl sites for hydroxylation is 1. The monoisotopic (exact) mass is 610 g/mol. The van der Waals surface area contributed by atoms with Gasteiger partial charge in [0, 0.05) is 34.4 Å². The van der Waals surface area contributed by atoms with Gasteiger partial charge in [0.2, 0.25) is 0 Å². The SMILES string of the molecule is CCOP(=O)(CC[n+]1ccc(-c2ccc3c(c2)P(=O)(c2ccccc2)c2c[n+](CCOP=O)ccc2-3)cc1)OCC. The number of aromatic nitrogens is 2. The van der Waals surface area contributed by atoms with Crippen molar-refractivity contribution in [1.82, 2.24) is 0 Å². The summed E-state index contributed by atoms with van der Waals surface area (Å²) in [5.74, 6) is 0. The molecule has 5 rings (SSSR count). The molecule has 11 heteroatoms. The second-order valence-corrected chi connectivity index (χ2v) is 14.9. The van der Waals surface area contributed by atoms with Crippen molar-refractivity contribution in [2.45, 2.75) is 26.9 Å². The maximum atomic E-state index is 15.1. The van der Waals surface area contributed by atoms with Crippen LogP contribution in [0.1, 0.15) is 13.8 Å². The lowest BCUT2D eigenvalue weighted by atomic mass is 10.0. The minimum atomic E-state index is -3.16. The number of hydrogen-bond donors (Lipinski definition) is 0. The molecule has 0 radical (unpaired) electrons. The second kappa shape index (κ2) is 13.0. The number of fused-ring (bicyclic) bond motifs is 3. The smallest absolute Gasteiger partial charge is 0.309 e. The van der Waals surface area contributed by atoms with Gasteiger partial charge in [0.15, 0.2) is 45.0 Å². The van der Waals surface area contributed by atoms with Crippen molar-refractivity contribution in [3.63, 3.8) is 0 Å². The Bertz CT molecular complexity index is 1620. The molecular formula is C30H33N2O6P3+2. The Kier molecular flexibility index (Phi) is 9.41. The molecule has 212 valence electrons. The fourth-order valence-corrected chi connectivity index (χ4v) is 10.0. The number of benzene rings is 2. The van der Waals surface area contributed by atoms with E-state index in [2.05, 4.69) is 12.1 Å². The number of nitrogens with zero attached hydrogens (tertiary/aromatic N) is 2. The Hall–Kier alpha value is -2.82. The van der Waals surface area contributed by atoms with Crippen LogP contribution in [0.3, 0.4) is 0 Å². The van der Waals surface area contributed by atoms with Crippen LogP contribution in [0.15, 0.2) is 91.5 Å². The van der Waals surface area contributed by atoms with Crippen LogP contribution in [0.25, 0.3) is 22.3 Å². The second-order valence-electron chi connectivity index (χ2n) is 9.56. The standard InChI is InChI=1S/C30H33N2O6P3/c1-3-37-40(34,38-4-2)21-19-31-15-12-24(13-16-31)25-10-11-27-28-14-17-32(18-20-36-39-33)23-30(28)41(35,29(27)22-25)26-8-6-5-7-9-26/h5-17,22-23H,3-4,18-21H2,1-2H3/q+2. The van der Waals surface area contributed by atoms with E-state index in [9.17, 15) is 9.13 Å². The maximum Gasteiger partial charge on any atom is 0.337 e. The highest BCUT2D eigenvalue weighted by Gasteiger charge is 2.42. The van der Waals surface area contributed by atoms with Crippen molar-refractivity contribution >= 4 is 39.3 Å². The van der Waals surface area contributed by atoms with Crippen LogP contribution in [0.2, 0.25) is 0 Å². The molecule has 1 atom stereocenters. The largest absolute Gasteiger partial charge is 0.337 e. The third-order valence-corrected chi connectivity index (χ3v) is 12.5. The fourth-order valence-electron chi connectivity index (χ4n) is 5.17. The molecule has 3 heterocycles. The Balaban J connectivity index is 1.47. The lowest BCUT2D eigenvalue weighted by molar-refractivity contribution is -0.696. The predicted octanol–water partition coefficient (Wildman–Crippen LogP) is 5.04. The minimum absolute atomic E-state index is 0.282. The van der Waals surface area contributed by atoms with E-state index < -0.39 is 14.7 Å². The first-order chi connectivity index (χ1) is 19.9. The van der Waals surface area contributed by atoms with E-state index >= 15 is 4.57 Å². The number of hydrogen-bond acceptors (Lipinski definition) is 6. The zero-order chi connectivity index (χ0) is 28.9. The Morgan fingerprint density at radius 3 is 2.17 bits per heavy atom. The molecule has 8 nitrogen and oxygen atoms in total. The Labute approximate surface area is 242 Å². The van der Waals surface area contributed by atoms with Crippen molar-refractivity contribution in [2.24, 2.45) is 0 Å². The van der Waals surface area contributed by atoms with E-state index in [1.165, 1.54) is 0 Å². The molecule has 1 aliphatic heterocycles. The van der Waals surface area contributed by atoms with Gasteiger partial charge in [-0.15, -0.1) is 0 Å². The molecule has 2 aromatic heterocycles. The number of rotatable bonds is 13. The number of pyridine rings is 2. The summed E-state index contributed by atoms with van der Waals surface area (Å²) < 4.78 is 58.4. The molecule has 0 spiro atoms. The summed E-state index contributed by atoms with van der Waals surface area (Å²) in [5, 5.41) is 2.38. The molecule has 1 unspecified atom stereocenters. The van der Waals surface area contributed by atoms with Crippen molar-refractivity contribution in [1.29, 1.82) is 0 Å². The minimum Gasteiger partial charge on any atom is -0.309 e. The van der Waals surface area contributed by atoms with Gasteiger partial charge in [0.05, 0.1) is 18.5 Å². The van der Waals surface area contributed by atoms with Gasteiger partial charge in [-0.2, -0.15) is 0 Å². The highest BCUT2D eigenvalue weighted by Crippen LogP contribution is 2.52. The lowest BCUT2D eigenvalue weighted by Crippen LogP contribution is -2.38. The summed E-state index contributed by atoms with van der Waals surface area (Å²) in [4.78, 5) is 0. The predicted molar refractivity (Wildman–Crippen MR) is 160 cm³/mol. The lowest BCUT2D eigenvalue weighted by Gasteiger charge is -2.16. The maximum absolute atomic E-state index is 15.1. The van der Waals surface area contributed by atoms with E-state index in [1.54, 1.807) is 0 Å². The molecule has 4 aromatic rings. The summed E-state index contributed by atoms with van der Waals surface area (Å²) in [5.41, 5.74) is 3.87. The van der Waals surface area contributed by atoms with Gasteiger partial charge in [0.25, 0.3) is 0 Å². The fraction of sp³-hybridized carbons (Fsp3) is 0.267. The average molecular weight is 611 g/mol. The van der Waals surface area contributed by atoms with Crippen LogP contribution in [0.4, 0.5) is 0 Å². The van der Waals surface area contributed by atoms with Crippen LogP contribution in [-0.2, 0) is 40.4 Å². The summed E-state index contributed by atoms with van der Waals surface area (Å²) >= 11 is 0. The van der Waals surface area contributed by atoms with Crippen LogP contribution >= 0.6 is 23.4 Å². The van der Waals surface area contributed by atoms with Gasteiger partial charge in [-0.05, 0) is 36.6 Å². The molecule has 0 saturated carbocycles. The zero-order valence-electron chi connectivity index (χ0n) is 23.1. The normalized spacial score (nSPS) is 16.0. The van der Waals surface area contributed by atoms with E-state index in [-0.39, 0.29) is 15.3 Å². The molecular weight excluding hydrogens is 577 g/mol. The third kappa shape index (κ3) is 6.20. The van der Waals surface area contributed by atoms with E-state index in [4.69, 9.17) is 13.6 Å². The average Bonchev–Trinajstić information content (AvgIpc) is 3.25. The van der Waals surface area contributed by atoms with Crippen LogP contribution in [0.5, 0.6) is 0 Å². The van der Waals surface area contributed by atoms with Gasteiger partial charge in [0.1, 0.15) is 12.8 Å². The van der Waals surface area contributed by atoms with Gasteiger partial charge in [-0.25, -0.2) is 13.7 Å². The zero-order valence-corrected chi connectivity index (χ0v) is 25.8. The quantitative estimate of drug-likeness (QED) is 0.106. The summed E-state index contributed by atoms with van der Waals surface area (Å²) in [6.45, 7) is 5.57. The molecule has 1 aliphatic rings. The van der Waals surface area contributed by atoms with Gasteiger partial charge >= 0.3 is 16.3 Å². The highest BCUT2D eigenvalue weighted by atomic mass is 31.2. The van der Waals surface area contributed by atoms with Gasteiger partial charge in [-0.1, -0.05) is 42.5 Å². The van der Waals surface area contributed by atoms with E-state index in [0.29, 0.717) is 32.5 Å². The molecule has 0 aliphatic carbocycles. The van der Waals surface area contributed by atoms with E-state index in [0.717, 1.165) is 38.2 Å². The molecule has 0 N–H and O–H groups in total. The van der Waals surface area contributed by atoms with Crippen LogP contribution in [0, 0.1) is 0 Å².